The van der Waals surface area contributed by atoms with Gasteiger partial charge in [-0.05, 0) is 44.5 Å². The second-order valence-electron chi connectivity index (χ2n) is 4.77. The Kier molecular flexibility index (Phi) is 4.14. The fourth-order valence-corrected chi connectivity index (χ4v) is 3.87. The molecule has 0 unspecified atom stereocenters. The maximum atomic E-state index is 12.8. The average molecular weight is 289 g/mol. The third kappa shape index (κ3) is 2.70. The van der Waals surface area contributed by atoms with Gasteiger partial charge in [-0.2, -0.15) is 0 Å². The zero-order valence-corrected chi connectivity index (χ0v) is 12.8. The summed E-state index contributed by atoms with van der Waals surface area (Å²) in [6, 6.07) is 14.6. The fourth-order valence-electron chi connectivity index (χ4n) is 2.17. The Hall–Kier alpha value is -1.81. The molecule has 2 aromatic carbocycles. The third-order valence-corrected chi connectivity index (χ3v) is 5.33. The smallest absolute Gasteiger partial charge is 0.264 e. The normalized spacial score (nSPS) is 11.3. The van der Waals surface area contributed by atoms with Crippen LogP contribution >= 0.6 is 0 Å². The van der Waals surface area contributed by atoms with Crippen molar-refractivity contribution < 1.29 is 8.42 Å². The van der Waals surface area contributed by atoms with E-state index in [4.69, 9.17) is 0 Å². The zero-order chi connectivity index (χ0) is 14.8. The minimum Gasteiger partial charge on any atom is -0.267 e. The Balaban J connectivity index is 2.51. The van der Waals surface area contributed by atoms with Crippen LogP contribution < -0.4 is 4.31 Å². The molecular formula is C16H19NO2S. The summed E-state index contributed by atoms with van der Waals surface area (Å²) >= 11 is 0. The molecule has 2 aromatic rings. The highest BCUT2D eigenvalue weighted by Gasteiger charge is 2.24. The van der Waals surface area contributed by atoms with Crippen molar-refractivity contribution in [3.63, 3.8) is 0 Å². The predicted molar refractivity (Wildman–Crippen MR) is 82.6 cm³/mol. The molecule has 0 aromatic heterocycles. The summed E-state index contributed by atoms with van der Waals surface area (Å²) in [5.74, 6) is 0. The maximum Gasteiger partial charge on any atom is 0.264 e. The van der Waals surface area contributed by atoms with Gasteiger partial charge in [0.05, 0.1) is 10.6 Å². The van der Waals surface area contributed by atoms with E-state index >= 15 is 0 Å². The van der Waals surface area contributed by atoms with Crippen LogP contribution in [0.2, 0.25) is 0 Å². The second-order valence-corrected chi connectivity index (χ2v) is 6.60. The van der Waals surface area contributed by atoms with Crippen LogP contribution in [0.5, 0.6) is 0 Å². The molecule has 0 heterocycles. The summed E-state index contributed by atoms with van der Waals surface area (Å²) in [6.07, 6.45) is 0. The molecule has 4 heteroatoms. The minimum absolute atomic E-state index is 0.363. The maximum absolute atomic E-state index is 12.8. The van der Waals surface area contributed by atoms with Gasteiger partial charge in [0.1, 0.15) is 0 Å². The molecule has 106 valence electrons. The van der Waals surface area contributed by atoms with Gasteiger partial charge in [0.2, 0.25) is 0 Å². The summed E-state index contributed by atoms with van der Waals surface area (Å²) in [7, 11) is -3.51. The molecule has 0 bridgehead atoms. The van der Waals surface area contributed by atoms with Crippen LogP contribution in [0.3, 0.4) is 0 Å². The molecule has 0 saturated heterocycles. The van der Waals surface area contributed by atoms with Crippen LogP contribution in [-0.4, -0.2) is 15.0 Å². The number of nitrogens with zero attached hydrogens (tertiary/aromatic N) is 1. The number of benzene rings is 2. The molecule has 2 rings (SSSR count). The van der Waals surface area contributed by atoms with E-state index in [1.807, 2.05) is 57.2 Å². The molecule has 3 nitrogen and oxygen atoms in total. The van der Waals surface area contributed by atoms with E-state index in [0.717, 1.165) is 11.1 Å². The van der Waals surface area contributed by atoms with Gasteiger partial charge in [-0.15, -0.1) is 0 Å². The lowest BCUT2D eigenvalue weighted by Gasteiger charge is -2.24. The van der Waals surface area contributed by atoms with Gasteiger partial charge in [0.15, 0.2) is 0 Å². The standard InChI is InChI=1S/C16H19NO2S/c1-4-17(15-11-9-13(2)10-12-15)20(18,19)16-8-6-5-7-14(16)3/h5-12H,4H2,1-3H3. The summed E-state index contributed by atoms with van der Waals surface area (Å²) in [4.78, 5) is 0.363. The van der Waals surface area contributed by atoms with Gasteiger partial charge >= 0.3 is 0 Å². The van der Waals surface area contributed by atoms with Crippen molar-refractivity contribution in [3.05, 3.63) is 59.7 Å². The highest BCUT2D eigenvalue weighted by molar-refractivity contribution is 7.92. The van der Waals surface area contributed by atoms with Gasteiger partial charge in [-0.25, -0.2) is 8.42 Å². The molecule has 0 aliphatic heterocycles. The monoisotopic (exact) mass is 289 g/mol. The third-order valence-electron chi connectivity index (χ3n) is 3.27. The van der Waals surface area contributed by atoms with Crippen molar-refractivity contribution in [2.75, 3.05) is 10.8 Å². The molecule has 0 amide bonds. The Morgan fingerprint density at radius 3 is 2.10 bits per heavy atom. The number of hydrogen-bond donors (Lipinski definition) is 0. The van der Waals surface area contributed by atoms with E-state index < -0.39 is 10.0 Å². The van der Waals surface area contributed by atoms with Crippen molar-refractivity contribution in [1.82, 2.24) is 0 Å². The number of aryl methyl sites for hydroxylation is 2. The lowest BCUT2D eigenvalue weighted by Crippen LogP contribution is -2.31. The van der Waals surface area contributed by atoms with E-state index in [0.29, 0.717) is 17.1 Å². The van der Waals surface area contributed by atoms with Crippen LogP contribution in [0.1, 0.15) is 18.1 Å². The number of hydrogen-bond acceptors (Lipinski definition) is 2. The van der Waals surface area contributed by atoms with Crippen molar-refractivity contribution in [2.45, 2.75) is 25.7 Å². The molecule has 0 saturated carbocycles. The zero-order valence-electron chi connectivity index (χ0n) is 12.0. The Morgan fingerprint density at radius 1 is 0.950 bits per heavy atom. The molecule has 0 aliphatic rings. The van der Waals surface area contributed by atoms with Crippen LogP contribution in [0.25, 0.3) is 0 Å². The lowest BCUT2D eigenvalue weighted by atomic mass is 10.2. The first-order valence-electron chi connectivity index (χ1n) is 6.62. The van der Waals surface area contributed by atoms with Crippen molar-refractivity contribution in [1.29, 1.82) is 0 Å². The molecular weight excluding hydrogens is 270 g/mol. The molecule has 0 aliphatic carbocycles. The van der Waals surface area contributed by atoms with E-state index in [2.05, 4.69) is 0 Å². The Morgan fingerprint density at radius 2 is 1.55 bits per heavy atom. The van der Waals surface area contributed by atoms with Crippen molar-refractivity contribution >= 4 is 15.7 Å². The second kappa shape index (κ2) is 5.67. The van der Waals surface area contributed by atoms with Crippen molar-refractivity contribution in [2.24, 2.45) is 0 Å². The fraction of sp³-hybridized carbons (Fsp3) is 0.250. The van der Waals surface area contributed by atoms with Crippen LogP contribution in [0, 0.1) is 13.8 Å². The van der Waals surface area contributed by atoms with E-state index in [1.54, 1.807) is 12.1 Å². The summed E-state index contributed by atoms with van der Waals surface area (Å²) in [5, 5.41) is 0. The minimum atomic E-state index is -3.51. The van der Waals surface area contributed by atoms with Crippen LogP contribution in [-0.2, 0) is 10.0 Å². The molecule has 0 N–H and O–H groups in total. The first-order valence-corrected chi connectivity index (χ1v) is 8.06. The Bertz CT molecular complexity index is 691. The van der Waals surface area contributed by atoms with E-state index in [-0.39, 0.29) is 0 Å². The molecule has 0 atom stereocenters. The highest BCUT2D eigenvalue weighted by Crippen LogP contribution is 2.25. The van der Waals surface area contributed by atoms with Crippen molar-refractivity contribution in [3.8, 4) is 0 Å². The van der Waals surface area contributed by atoms with Crippen LogP contribution in [0.15, 0.2) is 53.4 Å². The molecule has 20 heavy (non-hydrogen) atoms. The molecule has 0 fully saturated rings. The SMILES string of the molecule is CCN(c1ccc(C)cc1)S(=O)(=O)c1ccccc1C. The summed E-state index contributed by atoms with van der Waals surface area (Å²) < 4.78 is 27.0. The first kappa shape index (κ1) is 14.6. The summed E-state index contributed by atoms with van der Waals surface area (Å²) in [5.41, 5.74) is 2.57. The molecule has 0 radical (unpaired) electrons. The van der Waals surface area contributed by atoms with Gasteiger partial charge in [0, 0.05) is 6.54 Å². The van der Waals surface area contributed by atoms with Gasteiger partial charge in [0.25, 0.3) is 10.0 Å². The average Bonchev–Trinajstić information content (AvgIpc) is 2.42. The number of rotatable bonds is 4. The lowest BCUT2D eigenvalue weighted by molar-refractivity contribution is 0.591. The predicted octanol–water partition coefficient (Wildman–Crippen LogP) is 3.52. The largest absolute Gasteiger partial charge is 0.267 e. The quantitative estimate of drug-likeness (QED) is 0.863. The molecule has 0 spiro atoms. The van der Waals surface area contributed by atoms with E-state index in [1.165, 1.54) is 4.31 Å². The Labute approximate surface area is 120 Å². The van der Waals surface area contributed by atoms with E-state index in [9.17, 15) is 8.42 Å². The first-order chi connectivity index (χ1) is 9.46. The highest BCUT2D eigenvalue weighted by atomic mass is 32.2. The van der Waals surface area contributed by atoms with Crippen LogP contribution in [0.4, 0.5) is 5.69 Å². The summed E-state index contributed by atoms with van der Waals surface area (Å²) in [6.45, 7) is 6.04. The number of anilines is 1. The van der Waals surface area contributed by atoms with Gasteiger partial charge in [-0.3, -0.25) is 4.31 Å². The van der Waals surface area contributed by atoms with Gasteiger partial charge in [-0.1, -0.05) is 35.9 Å². The topological polar surface area (TPSA) is 37.4 Å². The number of sulfonamides is 1. The van der Waals surface area contributed by atoms with Gasteiger partial charge < -0.3 is 0 Å².